The van der Waals surface area contributed by atoms with Gasteiger partial charge in [0.05, 0.1) is 39.5 Å². The van der Waals surface area contributed by atoms with E-state index in [1.807, 2.05) is 52.1 Å². The van der Waals surface area contributed by atoms with E-state index in [4.69, 9.17) is 20.8 Å². The molecule has 9 aromatic rings. The molecule has 0 amide bonds. The van der Waals surface area contributed by atoms with Gasteiger partial charge in [-0.25, -0.2) is 13.7 Å². The molecule has 0 aliphatic heterocycles. The van der Waals surface area contributed by atoms with Crippen LogP contribution in [0.1, 0.15) is 62.5 Å². The molecule has 4 heterocycles. The lowest BCUT2D eigenvalue weighted by Crippen LogP contribution is -2.14. The molecular formula is C51H47ClN8O7S2. The van der Waals surface area contributed by atoms with Crippen molar-refractivity contribution in [2.24, 2.45) is 3.77 Å². The van der Waals surface area contributed by atoms with Crippen LogP contribution in [0.3, 0.4) is 0 Å². The summed E-state index contributed by atoms with van der Waals surface area (Å²) in [5, 5.41) is 19.9. The third-order valence-electron chi connectivity index (χ3n) is 12.1. The molecule has 69 heavy (non-hydrogen) atoms. The van der Waals surface area contributed by atoms with Crippen molar-refractivity contribution in [3.63, 3.8) is 0 Å². The minimum atomic E-state index is -4.49. The normalized spacial score (nSPS) is 12.7. The number of aryl methyl sites for hydroxylation is 6. The maximum Gasteiger partial charge on any atom is 0.336 e. The smallest absolute Gasteiger partial charge is 0.336 e. The zero-order valence-corrected chi connectivity index (χ0v) is 40.8. The highest BCUT2D eigenvalue weighted by atomic mass is 35.5. The molecule has 1 unspecified atom stereocenters. The highest BCUT2D eigenvalue weighted by molar-refractivity contribution is 8.03. The van der Waals surface area contributed by atoms with Crippen molar-refractivity contribution in [1.82, 2.24) is 34.6 Å². The molecule has 9 rings (SSSR count). The number of hydrogen-bond donors (Lipinski definition) is 0. The van der Waals surface area contributed by atoms with Crippen LogP contribution < -0.4 is 10.4 Å². The molecule has 0 spiro atoms. The highest BCUT2D eigenvalue weighted by Crippen LogP contribution is 2.33. The highest BCUT2D eigenvalue weighted by Gasteiger charge is 2.30. The number of ether oxygens (including phenoxy) is 1. The summed E-state index contributed by atoms with van der Waals surface area (Å²) in [6.45, 7) is 7.96. The third-order valence-corrected chi connectivity index (χ3v) is 16.6. The predicted molar refractivity (Wildman–Crippen MR) is 264 cm³/mol. The monoisotopic (exact) mass is 982 g/mol. The summed E-state index contributed by atoms with van der Waals surface area (Å²) in [4.78, 5) is 26.4. The van der Waals surface area contributed by atoms with Crippen molar-refractivity contribution in [2.75, 3.05) is 7.11 Å². The molecule has 0 saturated heterocycles. The number of sulfonamides is 1. The van der Waals surface area contributed by atoms with Gasteiger partial charge in [0.15, 0.2) is 5.03 Å². The van der Waals surface area contributed by atoms with Gasteiger partial charge >= 0.3 is 5.63 Å². The van der Waals surface area contributed by atoms with Crippen LogP contribution in [-0.2, 0) is 45.6 Å². The molecule has 0 aliphatic carbocycles. The van der Waals surface area contributed by atoms with Crippen molar-refractivity contribution < 1.29 is 26.6 Å². The quantitative estimate of drug-likeness (QED) is 0.0703. The number of nitrogens with zero attached hydrogens (tertiary/aromatic N) is 8. The third kappa shape index (κ3) is 9.49. The van der Waals surface area contributed by atoms with Crippen LogP contribution in [0.5, 0.6) is 5.75 Å². The van der Waals surface area contributed by atoms with Crippen molar-refractivity contribution in [2.45, 2.75) is 81.2 Å². The Labute approximate surface area is 403 Å². The number of halogens is 1. The Bertz CT molecular complexity index is 3720. The Kier molecular flexibility index (Phi) is 12.9. The molecule has 18 heteroatoms. The lowest BCUT2D eigenvalue weighted by atomic mass is 10.1. The molecular weight excluding hydrogens is 936 g/mol. The van der Waals surface area contributed by atoms with Gasteiger partial charge in [0, 0.05) is 58.0 Å². The lowest BCUT2D eigenvalue weighted by molar-refractivity contribution is 0.0963. The first-order chi connectivity index (χ1) is 33.1. The van der Waals surface area contributed by atoms with E-state index in [0.29, 0.717) is 65.5 Å². The molecule has 352 valence electrons. The van der Waals surface area contributed by atoms with Gasteiger partial charge in [-0.2, -0.15) is 8.42 Å². The van der Waals surface area contributed by atoms with E-state index in [1.54, 1.807) is 95.2 Å². The minimum absolute atomic E-state index is 0.0938. The summed E-state index contributed by atoms with van der Waals surface area (Å²) in [5.41, 5.74) is 6.91. The number of carbonyl (C=O) groups is 1. The van der Waals surface area contributed by atoms with Gasteiger partial charge in [-0.1, -0.05) is 61.2 Å². The lowest BCUT2D eigenvalue weighted by Gasteiger charge is -2.13. The van der Waals surface area contributed by atoms with Crippen molar-refractivity contribution >= 4 is 59.1 Å². The van der Waals surface area contributed by atoms with Crippen LogP contribution in [0.4, 0.5) is 0 Å². The molecule has 0 bridgehead atoms. The van der Waals surface area contributed by atoms with Crippen molar-refractivity contribution in [3.05, 3.63) is 182 Å². The summed E-state index contributed by atoms with van der Waals surface area (Å²) >= 11 is 6.13. The van der Waals surface area contributed by atoms with E-state index in [0.717, 1.165) is 49.9 Å². The number of fused-ring (bicyclic) bond motifs is 2. The maximum atomic E-state index is 15.6. The number of rotatable bonds is 15. The summed E-state index contributed by atoms with van der Waals surface area (Å²) in [6.07, 6.45) is 4.41. The number of unbranched alkanes of at least 4 members (excludes halogenated alkanes) is 1. The molecule has 0 aliphatic rings. The zero-order valence-electron chi connectivity index (χ0n) is 38.4. The summed E-state index contributed by atoms with van der Waals surface area (Å²) in [6, 6.07) is 32.1. The van der Waals surface area contributed by atoms with Gasteiger partial charge in [-0.3, -0.25) is 14.0 Å². The summed E-state index contributed by atoms with van der Waals surface area (Å²) in [5.74, 6) is 0.455. The van der Waals surface area contributed by atoms with Gasteiger partial charge < -0.3 is 9.15 Å². The van der Waals surface area contributed by atoms with Crippen LogP contribution in [0.2, 0.25) is 5.02 Å². The largest absolute Gasteiger partial charge is 0.497 e. The molecule has 5 aromatic carbocycles. The summed E-state index contributed by atoms with van der Waals surface area (Å²) in [7, 11) is -6.89. The molecule has 0 N–H and O–H groups in total. The average molecular weight is 984 g/mol. The first kappa shape index (κ1) is 46.9. The van der Waals surface area contributed by atoms with E-state index in [1.165, 1.54) is 22.9 Å². The Morgan fingerprint density at radius 3 is 2.14 bits per heavy atom. The fourth-order valence-electron chi connectivity index (χ4n) is 8.45. The van der Waals surface area contributed by atoms with Crippen LogP contribution in [0.25, 0.3) is 27.6 Å². The molecule has 1 atom stereocenters. The van der Waals surface area contributed by atoms with E-state index in [-0.39, 0.29) is 27.1 Å². The second kappa shape index (κ2) is 19.1. The fraction of sp³-hybridized carbons (Fsp3) is 0.216. The Morgan fingerprint density at radius 1 is 0.754 bits per heavy atom. The van der Waals surface area contributed by atoms with E-state index in [2.05, 4.69) is 24.4 Å². The molecule has 0 fully saturated rings. The van der Waals surface area contributed by atoms with Gasteiger partial charge in [0.1, 0.15) is 21.1 Å². The van der Waals surface area contributed by atoms with Gasteiger partial charge in [0.2, 0.25) is 0 Å². The van der Waals surface area contributed by atoms with Gasteiger partial charge in [-0.05, 0) is 144 Å². The van der Waals surface area contributed by atoms with E-state index >= 15 is 4.21 Å². The number of carbonyl (C=O) groups excluding carboxylic acids is 1. The maximum absolute atomic E-state index is 15.6. The fourth-order valence-corrected chi connectivity index (χ4v) is 12.5. The SMILES string of the molecule is COc1ccc2c(CCn3cc(CCCCc4c(S(=O)(=NS(=O)(=O)c5ccc(C)cc5)c5ccc(C)cc5)nnn4-c4ccc5c(C)cc(=O)oc5c4)nn3)c(C)n(C(=O)c3ccc(Cl)cc3)c2c1. The average Bonchev–Trinajstić information content (AvgIpc) is 4.05. The molecule has 0 radical (unpaired) electrons. The number of aromatic nitrogens is 7. The number of methoxy groups -OCH3 is 1. The van der Waals surface area contributed by atoms with Crippen LogP contribution in [-0.4, -0.2) is 60.2 Å². The number of benzene rings is 5. The summed E-state index contributed by atoms with van der Waals surface area (Å²) < 4.78 is 64.0. The second-order valence-corrected chi connectivity index (χ2v) is 21.3. The van der Waals surface area contributed by atoms with Gasteiger partial charge in [-0.15, -0.1) is 10.2 Å². The van der Waals surface area contributed by atoms with Gasteiger partial charge in [0.25, 0.3) is 15.9 Å². The predicted octanol–water partition coefficient (Wildman–Crippen LogP) is 9.59. The standard InChI is InChI=1S/C51H47ClN8O7S2/c1-32-10-20-41(21-11-32)68(63,57-69(64,65)42-22-12-33(2)13-23-42)50-46(60(56-54-50)39-18-24-43-34(3)28-49(61)67-48(43)29-39)9-7-6-8-38-31-58(55-53-38)27-26-44-35(4)59(47-30-40(66-5)19-25-45(44)47)51(62)36-14-16-37(52)17-15-36/h10-25,28-31H,6-9,26-27H2,1-5H3. The van der Waals surface area contributed by atoms with Crippen LogP contribution >= 0.6 is 11.6 Å². The first-order valence-electron chi connectivity index (χ1n) is 22.2. The second-order valence-electron chi connectivity index (χ2n) is 16.9. The van der Waals surface area contributed by atoms with Crippen LogP contribution in [0, 0.1) is 27.7 Å². The van der Waals surface area contributed by atoms with E-state index < -0.39 is 25.4 Å². The molecule has 4 aromatic heterocycles. The van der Waals surface area contributed by atoms with Crippen LogP contribution in [0.15, 0.2) is 149 Å². The Balaban J connectivity index is 1.00. The minimum Gasteiger partial charge on any atom is -0.497 e. The Hall–Kier alpha value is -7.21. The first-order valence-corrected chi connectivity index (χ1v) is 25.5. The topological polar surface area (TPSA) is 186 Å². The number of hydrogen-bond acceptors (Lipinski definition) is 11. The molecule has 15 nitrogen and oxygen atoms in total. The zero-order chi connectivity index (χ0) is 48.6. The molecule has 0 saturated carbocycles. The van der Waals surface area contributed by atoms with Crippen molar-refractivity contribution in [3.8, 4) is 11.4 Å². The van der Waals surface area contributed by atoms with E-state index in [9.17, 15) is 18.0 Å². The van der Waals surface area contributed by atoms with Crippen molar-refractivity contribution in [1.29, 1.82) is 0 Å². The Morgan fingerprint density at radius 2 is 1.43 bits per heavy atom.